The van der Waals surface area contributed by atoms with Gasteiger partial charge < -0.3 is 4.57 Å². The molecule has 0 bridgehead atoms. The minimum Gasteiger partial charge on any atom is -0.309 e. The van der Waals surface area contributed by atoms with Crippen LogP contribution in [0.15, 0.2) is 164 Å². The second-order valence-electron chi connectivity index (χ2n) is 12.1. The topological polar surface area (TPSA) is 48.5 Å². The zero-order valence-electron chi connectivity index (χ0n) is 25.8. The maximum atomic E-state index is 5.20. The summed E-state index contributed by atoms with van der Waals surface area (Å²) in [6, 6.07) is 57.3. The molecule has 5 nitrogen and oxygen atoms in total. The van der Waals surface area contributed by atoms with Crippen LogP contribution >= 0.6 is 0 Å². The number of benzene rings is 7. The first-order chi connectivity index (χ1) is 23.8. The highest BCUT2D eigenvalue weighted by molar-refractivity contribution is 6.19. The van der Waals surface area contributed by atoms with E-state index in [9.17, 15) is 0 Å². The molecular weight excluding hydrogens is 587 g/mol. The minimum absolute atomic E-state index is 0.582. The van der Waals surface area contributed by atoms with Gasteiger partial charge in [0.25, 0.3) is 0 Å². The van der Waals surface area contributed by atoms with Crippen LogP contribution in [-0.2, 0) is 0 Å². The fourth-order valence-corrected chi connectivity index (χ4v) is 7.21. The van der Waals surface area contributed by atoms with E-state index in [2.05, 4.69) is 137 Å². The zero-order chi connectivity index (χ0) is 31.6. The van der Waals surface area contributed by atoms with Gasteiger partial charge in [-0.25, -0.2) is 4.98 Å². The van der Waals surface area contributed by atoms with Crippen LogP contribution in [0.25, 0.3) is 88.8 Å². The van der Waals surface area contributed by atoms with Crippen molar-refractivity contribution in [3.05, 3.63) is 164 Å². The molecule has 0 radical (unpaired) electrons. The molecule has 0 atom stereocenters. The van der Waals surface area contributed by atoms with Gasteiger partial charge in [0, 0.05) is 43.7 Å². The van der Waals surface area contributed by atoms with Crippen LogP contribution < -0.4 is 0 Å². The van der Waals surface area contributed by atoms with Crippen molar-refractivity contribution >= 4 is 54.4 Å². The van der Waals surface area contributed by atoms with E-state index in [0.29, 0.717) is 17.6 Å². The van der Waals surface area contributed by atoms with Gasteiger partial charge >= 0.3 is 0 Å². The summed E-state index contributed by atoms with van der Waals surface area (Å²) in [6.45, 7) is 0. The van der Waals surface area contributed by atoms with E-state index in [1.165, 1.54) is 21.8 Å². The molecule has 224 valence electrons. The maximum absolute atomic E-state index is 5.20. The fourth-order valence-electron chi connectivity index (χ4n) is 7.21. The molecule has 0 amide bonds. The molecule has 0 N–H and O–H groups in total. The number of rotatable bonds is 4. The molecular formula is C43H27N5. The number of hydrogen-bond donors (Lipinski definition) is 0. The summed E-state index contributed by atoms with van der Waals surface area (Å²) in [7, 11) is 0. The molecule has 3 heterocycles. The van der Waals surface area contributed by atoms with E-state index in [0.717, 1.165) is 49.4 Å². The molecule has 0 aliphatic heterocycles. The molecule has 3 aromatic heterocycles. The van der Waals surface area contributed by atoms with E-state index in [1.54, 1.807) is 0 Å². The van der Waals surface area contributed by atoms with Crippen molar-refractivity contribution in [3.8, 4) is 34.4 Å². The predicted molar refractivity (Wildman–Crippen MR) is 197 cm³/mol. The van der Waals surface area contributed by atoms with Crippen LogP contribution in [0.1, 0.15) is 0 Å². The summed E-state index contributed by atoms with van der Waals surface area (Å²) in [5.41, 5.74) is 7.41. The summed E-state index contributed by atoms with van der Waals surface area (Å²) < 4.78 is 4.60. The summed E-state index contributed by atoms with van der Waals surface area (Å²) in [6.07, 6.45) is 0. The Bertz CT molecular complexity index is 2720. The number of hydrogen-bond acceptors (Lipinski definition) is 3. The molecule has 0 saturated carbocycles. The highest BCUT2D eigenvalue weighted by Crippen LogP contribution is 2.39. The van der Waals surface area contributed by atoms with Crippen molar-refractivity contribution in [2.45, 2.75) is 0 Å². The molecule has 10 aromatic rings. The van der Waals surface area contributed by atoms with E-state index in [4.69, 9.17) is 15.0 Å². The fraction of sp³-hybridized carbons (Fsp3) is 0. The molecule has 7 aromatic carbocycles. The van der Waals surface area contributed by atoms with Crippen molar-refractivity contribution in [1.82, 2.24) is 24.1 Å². The average Bonchev–Trinajstić information content (AvgIpc) is 3.68. The first-order valence-electron chi connectivity index (χ1n) is 16.1. The lowest BCUT2D eigenvalue weighted by atomic mass is 10.1. The number of para-hydroxylation sites is 2. The molecule has 0 aliphatic carbocycles. The third-order valence-electron chi connectivity index (χ3n) is 9.36. The Morgan fingerprint density at radius 1 is 0.354 bits per heavy atom. The number of aromatic nitrogens is 5. The van der Waals surface area contributed by atoms with Gasteiger partial charge in [0.05, 0.1) is 22.1 Å². The minimum atomic E-state index is 0.582. The van der Waals surface area contributed by atoms with Gasteiger partial charge in [0.1, 0.15) is 0 Å². The third-order valence-corrected chi connectivity index (χ3v) is 9.36. The molecule has 5 heteroatoms. The Hall–Kier alpha value is -6.59. The van der Waals surface area contributed by atoms with Gasteiger partial charge in [-0.05, 0) is 29.7 Å². The molecule has 0 spiro atoms. The Kier molecular flexibility index (Phi) is 5.81. The molecule has 10 rings (SSSR count). The number of nitrogens with zero attached hydrogens (tertiary/aromatic N) is 5. The zero-order valence-corrected chi connectivity index (χ0v) is 25.8. The van der Waals surface area contributed by atoms with Crippen LogP contribution in [0.5, 0.6) is 0 Å². The highest BCUT2D eigenvalue weighted by Gasteiger charge is 2.21. The highest BCUT2D eigenvalue weighted by atomic mass is 15.2. The van der Waals surface area contributed by atoms with Crippen LogP contribution in [-0.4, -0.2) is 24.1 Å². The molecule has 0 unspecified atom stereocenters. The van der Waals surface area contributed by atoms with E-state index in [1.807, 2.05) is 36.4 Å². The van der Waals surface area contributed by atoms with Crippen molar-refractivity contribution in [2.75, 3.05) is 0 Å². The average molecular weight is 614 g/mol. The Morgan fingerprint density at radius 2 is 0.875 bits per heavy atom. The van der Waals surface area contributed by atoms with Crippen LogP contribution in [0.3, 0.4) is 0 Å². The van der Waals surface area contributed by atoms with Gasteiger partial charge in [0.2, 0.25) is 5.95 Å². The normalized spacial score (nSPS) is 11.8. The summed E-state index contributed by atoms with van der Waals surface area (Å²) in [4.78, 5) is 15.4. The first-order valence-corrected chi connectivity index (χ1v) is 16.1. The smallest absolute Gasteiger partial charge is 0.238 e. The third kappa shape index (κ3) is 4.01. The van der Waals surface area contributed by atoms with Crippen molar-refractivity contribution in [1.29, 1.82) is 0 Å². The van der Waals surface area contributed by atoms with Crippen LogP contribution in [0.2, 0.25) is 0 Å². The van der Waals surface area contributed by atoms with Crippen molar-refractivity contribution in [2.24, 2.45) is 0 Å². The largest absolute Gasteiger partial charge is 0.309 e. The summed E-state index contributed by atoms with van der Waals surface area (Å²) >= 11 is 0. The quantitative estimate of drug-likeness (QED) is 0.198. The van der Waals surface area contributed by atoms with E-state index >= 15 is 0 Å². The Morgan fingerprint density at radius 3 is 1.52 bits per heavy atom. The monoisotopic (exact) mass is 613 g/mol. The molecule has 0 saturated heterocycles. The SMILES string of the molecule is c1ccc(-c2nc(-c3ccccc3)nc(-n3c4cc(-n5c6ccccc6c6ccccc65)ccc4c4ccc5ccccc5c43)n2)cc1. The number of fused-ring (bicyclic) bond motifs is 8. The summed E-state index contributed by atoms with van der Waals surface area (Å²) in [5, 5.41) is 7.07. The first kappa shape index (κ1) is 26.6. The van der Waals surface area contributed by atoms with Crippen LogP contribution in [0, 0.1) is 0 Å². The molecule has 48 heavy (non-hydrogen) atoms. The second kappa shape index (κ2) is 10.5. The van der Waals surface area contributed by atoms with Gasteiger partial charge in [-0.15, -0.1) is 0 Å². The van der Waals surface area contributed by atoms with Gasteiger partial charge in [0.15, 0.2) is 11.6 Å². The molecule has 0 fully saturated rings. The standard InChI is InChI=1S/C43H27N5/c1-3-14-29(15-4-1)41-44-42(30-16-5-2-6-17-30)46-43(45-41)48-39-27-31(47-37-21-11-9-19-33(37)34-20-10-12-22-38(34)47)24-26-35(39)36-25-23-28-13-7-8-18-32(28)40(36)48/h1-27H. The maximum Gasteiger partial charge on any atom is 0.238 e. The Balaban J connectivity index is 1.34. The predicted octanol–water partition coefficient (Wildman–Crippen LogP) is 10.6. The lowest BCUT2D eigenvalue weighted by molar-refractivity contribution is 0.954. The lowest BCUT2D eigenvalue weighted by Gasteiger charge is -2.13. The van der Waals surface area contributed by atoms with E-state index in [-0.39, 0.29) is 0 Å². The second-order valence-corrected chi connectivity index (χ2v) is 12.1. The van der Waals surface area contributed by atoms with Crippen molar-refractivity contribution in [3.63, 3.8) is 0 Å². The van der Waals surface area contributed by atoms with Gasteiger partial charge in [-0.3, -0.25) is 4.57 Å². The lowest BCUT2D eigenvalue weighted by Crippen LogP contribution is -2.07. The van der Waals surface area contributed by atoms with Crippen LogP contribution in [0.4, 0.5) is 0 Å². The van der Waals surface area contributed by atoms with E-state index < -0.39 is 0 Å². The summed E-state index contributed by atoms with van der Waals surface area (Å²) in [5.74, 6) is 1.85. The Labute approximate surface area is 276 Å². The van der Waals surface area contributed by atoms with Crippen molar-refractivity contribution < 1.29 is 0 Å². The molecule has 0 aliphatic rings. The van der Waals surface area contributed by atoms with Gasteiger partial charge in [-0.2, -0.15) is 9.97 Å². The van der Waals surface area contributed by atoms with Gasteiger partial charge in [-0.1, -0.05) is 140 Å².